The van der Waals surface area contributed by atoms with Crippen LogP contribution in [0.3, 0.4) is 0 Å². The van der Waals surface area contributed by atoms with Gasteiger partial charge in [-0.15, -0.1) is 0 Å². The molecule has 0 fully saturated rings. The minimum absolute atomic E-state index is 0.618. The highest BCUT2D eigenvalue weighted by atomic mass is 16.4. The van der Waals surface area contributed by atoms with Crippen molar-refractivity contribution in [2.45, 2.75) is 25.8 Å². The zero-order valence-electron chi connectivity index (χ0n) is 13.4. The average Bonchev–Trinajstić information content (AvgIpc) is 2.91. The Morgan fingerprint density at radius 1 is 1.41 bits per heavy atom. The van der Waals surface area contributed by atoms with Crippen molar-refractivity contribution < 1.29 is 9.90 Å². The first-order valence-corrected chi connectivity index (χ1v) is 7.51. The van der Waals surface area contributed by atoms with Crippen LogP contribution < -0.4 is 0 Å². The molecule has 0 unspecified atom stereocenters. The number of carboxylic acid groups (broad SMARTS) is 1. The maximum atomic E-state index is 11.8. The number of aliphatic carboxylic acids is 1. The molecule has 22 heavy (non-hydrogen) atoms. The van der Waals surface area contributed by atoms with E-state index in [0.717, 1.165) is 29.5 Å². The van der Waals surface area contributed by atoms with Crippen molar-refractivity contribution >= 4 is 5.97 Å². The zero-order valence-corrected chi connectivity index (χ0v) is 13.4. The predicted molar refractivity (Wildman–Crippen MR) is 85.7 cm³/mol. The molecule has 1 aromatic heterocycles. The summed E-state index contributed by atoms with van der Waals surface area (Å²) in [5.41, 5.74) is 3.08. The molecule has 0 radical (unpaired) electrons. The number of rotatable bonds is 7. The quantitative estimate of drug-likeness (QED) is 0.852. The van der Waals surface area contributed by atoms with E-state index in [4.69, 9.17) is 0 Å². The summed E-state index contributed by atoms with van der Waals surface area (Å²) in [6.07, 6.45) is 5.39. The van der Waals surface area contributed by atoms with Gasteiger partial charge in [-0.05, 0) is 36.6 Å². The molecule has 5 nitrogen and oxygen atoms in total. The Labute approximate surface area is 131 Å². The first kappa shape index (κ1) is 16.2. The molecule has 1 aromatic carbocycles. The Morgan fingerprint density at radius 2 is 2.14 bits per heavy atom. The lowest BCUT2D eigenvalue weighted by Gasteiger charge is -2.26. The van der Waals surface area contributed by atoms with Gasteiger partial charge in [-0.25, -0.2) is 0 Å². The number of hydrogen-bond donors (Lipinski definition) is 1. The molecular formula is C17H23N3O2. The molecule has 2 aromatic rings. The molecule has 0 aliphatic rings. The van der Waals surface area contributed by atoms with Gasteiger partial charge in [-0.1, -0.05) is 31.2 Å². The minimum atomic E-state index is -0.811. The molecule has 118 valence electrons. The number of nitrogens with zero attached hydrogens (tertiary/aromatic N) is 3. The van der Waals surface area contributed by atoms with Crippen molar-refractivity contribution in [3.8, 4) is 0 Å². The van der Waals surface area contributed by atoms with E-state index in [9.17, 15) is 9.90 Å². The number of benzene rings is 1. The summed E-state index contributed by atoms with van der Waals surface area (Å²) >= 11 is 0. The average molecular weight is 301 g/mol. The number of likely N-dealkylation sites (N-methyl/N-ethyl adjacent to an activating group) is 1. The summed E-state index contributed by atoms with van der Waals surface area (Å²) in [4.78, 5) is 13.7. The zero-order chi connectivity index (χ0) is 16.1. The number of carboxylic acids is 1. The van der Waals surface area contributed by atoms with E-state index in [1.807, 2.05) is 62.6 Å². The third kappa shape index (κ3) is 3.74. The second-order valence-electron chi connectivity index (χ2n) is 5.55. The van der Waals surface area contributed by atoms with Crippen molar-refractivity contribution in [1.29, 1.82) is 0 Å². The van der Waals surface area contributed by atoms with Crippen LogP contribution >= 0.6 is 0 Å². The fourth-order valence-corrected chi connectivity index (χ4v) is 2.72. The Bertz CT molecular complexity index is 636. The third-order valence-corrected chi connectivity index (χ3v) is 3.92. The molecule has 1 N–H and O–H groups in total. The third-order valence-electron chi connectivity index (χ3n) is 3.92. The van der Waals surface area contributed by atoms with Crippen LogP contribution in [0.25, 0.3) is 0 Å². The highest BCUT2D eigenvalue weighted by Gasteiger charge is 2.26. The highest BCUT2D eigenvalue weighted by Crippen LogP contribution is 2.24. The van der Waals surface area contributed by atoms with Crippen LogP contribution in [0, 0.1) is 0 Å². The second-order valence-corrected chi connectivity index (χ2v) is 5.55. The van der Waals surface area contributed by atoms with Gasteiger partial charge < -0.3 is 5.11 Å². The van der Waals surface area contributed by atoms with Crippen LogP contribution in [0.5, 0.6) is 0 Å². The maximum absolute atomic E-state index is 11.8. The molecule has 0 spiro atoms. The standard InChI is InChI=1S/C17H23N3O2/c1-4-14-7-5-6-8-15(14)16(17(21)22)19(2)10-9-13-11-18-20(3)12-13/h5-8,11-12,16H,4,9-10H2,1-3H3,(H,21,22)/t16-/m0/s1. The van der Waals surface area contributed by atoms with E-state index in [2.05, 4.69) is 5.10 Å². The number of hydrogen-bond acceptors (Lipinski definition) is 3. The summed E-state index contributed by atoms with van der Waals surface area (Å²) < 4.78 is 1.76. The van der Waals surface area contributed by atoms with Crippen LogP contribution in [-0.2, 0) is 24.7 Å². The summed E-state index contributed by atoms with van der Waals surface area (Å²) in [5, 5.41) is 13.8. The lowest BCUT2D eigenvalue weighted by Crippen LogP contribution is -2.33. The smallest absolute Gasteiger partial charge is 0.325 e. The fraction of sp³-hybridized carbons (Fsp3) is 0.412. The molecule has 2 rings (SSSR count). The van der Waals surface area contributed by atoms with Gasteiger partial charge in [-0.3, -0.25) is 14.4 Å². The Kier molecular flexibility index (Phi) is 5.33. The van der Waals surface area contributed by atoms with Gasteiger partial charge in [0.1, 0.15) is 6.04 Å². The molecule has 0 bridgehead atoms. The summed E-state index contributed by atoms with van der Waals surface area (Å²) in [7, 11) is 3.74. The lowest BCUT2D eigenvalue weighted by molar-refractivity contribution is -0.143. The maximum Gasteiger partial charge on any atom is 0.325 e. The van der Waals surface area contributed by atoms with Crippen LogP contribution in [0.1, 0.15) is 29.7 Å². The Hall–Kier alpha value is -2.14. The Balaban J connectivity index is 2.15. The SMILES string of the molecule is CCc1ccccc1[C@@H](C(=O)O)N(C)CCc1cnn(C)c1. The van der Waals surface area contributed by atoms with Crippen LogP contribution in [0.2, 0.25) is 0 Å². The van der Waals surface area contributed by atoms with Gasteiger partial charge in [0.25, 0.3) is 0 Å². The van der Waals surface area contributed by atoms with Gasteiger partial charge in [0.05, 0.1) is 6.20 Å². The lowest BCUT2D eigenvalue weighted by atomic mass is 9.97. The first-order valence-electron chi connectivity index (χ1n) is 7.51. The van der Waals surface area contributed by atoms with Gasteiger partial charge in [-0.2, -0.15) is 5.10 Å². The van der Waals surface area contributed by atoms with Gasteiger partial charge >= 0.3 is 5.97 Å². The Morgan fingerprint density at radius 3 is 2.73 bits per heavy atom. The molecule has 0 amide bonds. The van der Waals surface area contributed by atoms with Crippen LogP contribution in [0.15, 0.2) is 36.7 Å². The van der Waals surface area contributed by atoms with E-state index in [-0.39, 0.29) is 0 Å². The van der Waals surface area contributed by atoms with Crippen molar-refractivity contribution in [3.63, 3.8) is 0 Å². The number of aromatic nitrogens is 2. The van der Waals surface area contributed by atoms with Crippen molar-refractivity contribution in [3.05, 3.63) is 53.3 Å². The van der Waals surface area contributed by atoms with Gasteiger partial charge in [0.15, 0.2) is 0 Å². The fourth-order valence-electron chi connectivity index (χ4n) is 2.72. The van der Waals surface area contributed by atoms with E-state index in [0.29, 0.717) is 6.54 Å². The number of carbonyl (C=O) groups is 1. The summed E-state index contributed by atoms with van der Waals surface area (Å²) in [5.74, 6) is -0.811. The molecule has 5 heteroatoms. The number of aryl methyl sites for hydroxylation is 2. The van der Waals surface area contributed by atoms with E-state index in [1.165, 1.54) is 0 Å². The minimum Gasteiger partial charge on any atom is -0.480 e. The molecular weight excluding hydrogens is 278 g/mol. The second kappa shape index (κ2) is 7.22. The van der Waals surface area contributed by atoms with E-state index >= 15 is 0 Å². The highest BCUT2D eigenvalue weighted by molar-refractivity contribution is 5.76. The van der Waals surface area contributed by atoms with Crippen LogP contribution in [-0.4, -0.2) is 39.3 Å². The van der Waals surface area contributed by atoms with Gasteiger partial charge in [0.2, 0.25) is 0 Å². The molecule has 1 atom stereocenters. The molecule has 0 aliphatic carbocycles. The van der Waals surface area contributed by atoms with Crippen molar-refractivity contribution in [1.82, 2.24) is 14.7 Å². The molecule has 0 aliphatic heterocycles. The van der Waals surface area contributed by atoms with Crippen molar-refractivity contribution in [2.24, 2.45) is 7.05 Å². The molecule has 0 saturated heterocycles. The normalized spacial score (nSPS) is 12.5. The van der Waals surface area contributed by atoms with Gasteiger partial charge in [0, 0.05) is 19.8 Å². The van der Waals surface area contributed by atoms with E-state index in [1.54, 1.807) is 4.68 Å². The van der Waals surface area contributed by atoms with E-state index < -0.39 is 12.0 Å². The summed E-state index contributed by atoms with van der Waals surface area (Å²) in [6, 6.07) is 7.15. The van der Waals surface area contributed by atoms with Crippen LogP contribution in [0.4, 0.5) is 0 Å². The predicted octanol–water partition coefficient (Wildman–Crippen LogP) is 2.28. The van der Waals surface area contributed by atoms with Crippen molar-refractivity contribution in [2.75, 3.05) is 13.6 Å². The largest absolute Gasteiger partial charge is 0.480 e. The summed E-state index contributed by atoms with van der Waals surface area (Å²) in [6.45, 7) is 2.72. The topological polar surface area (TPSA) is 58.4 Å². The monoisotopic (exact) mass is 301 g/mol. The molecule has 0 saturated carbocycles. The molecule has 1 heterocycles. The first-order chi connectivity index (χ1) is 10.5.